The van der Waals surface area contributed by atoms with Gasteiger partial charge in [0.05, 0.1) is 17.4 Å². The topological polar surface area (TPSA) is 34.9 Å². The number of halogens is 1. The van der Waals surface area contributed by atoms with Gasteiger partial charge in [0.25, 0.3) is 5.56 Å². The van der Waals surface area contributed by atoms with Gasteiger partial charge in [-0.15, -0.1) is 11.3 Å². The van der Waals surface area contributed by atoms with Crippen molar-refractivity contribution in [3.05, 3.63) is 105 Å². The van der Waals surface area contributed by atoms with Crippen molar-refractivity contribution in [2.24, 2.45) is 0 Å². The van der Waals surface area contributed by atoms with Gasteiger partial charge in [-0.05, 0) is 52.2 Å². The van der Waals surface area contributed by atoms with Crippen molar-refractivity contribution >= 4 is 55.7 Å². The first kappa shape index (κ1) is 19.4. The van der Waals surface area contributed by atoms with Crippen LogP contribution < -0.4 is 5.56 Å². The lowest BCUT2D eigenvalue weighted by molar-refractivity contribution is 0.658. The van der Waals surface area contributed by atoms with Crippen molar-refractivity contribution in [2.75, 3.05) is 0 Å². The maximum absolute atomic E-state index is 13.3. The lowest BCUT2D eigenvalue weighted by Crippen LogP contribution is -2.24. The largest absolute Gasteiger partial charge is 0.283 e. The normalized spacial score (nSPS) is 11.4. The van der Waals surface area contributed by atoms with E-state index in [2.05, 4.69) is 11.4 Å². The summed E-state index contributed by atoms with van der Waals surface area (Å²) in [7, 11) is 0. The van der Waals surface area contributed by atoms with Gasteiger partial charge in [-0.2, -0.15) is 0 Å². The van der Waals surface area contributed by atoms with Crippen LogP contribution in [-0.2, 0) is 12.3 Å². The zero-order valence-corrected chi connectivity index (χ0v) is 18.3. The monoisotopic (exact) mass is 448 g/mol. The summed E-state index contributed by atoms with van der Waals surface area (Å²) in [6.07, 6.45) is 0. The van der Waals surface area contributed by atoms with E-state index in [4.69, 9.17) is 16.6 Å². The van der Waals surface area contributed by atoms with Gasteiger partial charge in [0.1, 0.15) is 0 Å². The van der Waals surface area contributed by atoms with Crippen LogP contribution in [0.5, 0.6) is 0 Å². The van der Waals surface area contributed by atoms with E-state index in [-0.39, 0.29) is 5.56 Å². The van der Waals surface area contributed by atoms with Crippen molar-refractivity contribution in [1.29, 1.82) is 0 Å². The Kier molecular flexibility index (Phi) is 5.34. The second-order valence-electron chi connectivity index (χ2n) is 6.98. The molecule has 0 unspecified atom stereocenters. The van der Waals surface area contributed by atoms with Crippen molar-refractivity contribution in [2.45, 2.75) is 17.5 Å². The number of hydrogen-bond donors (Lipinski definition) is 0. The van der Waals surface area contributed by atoms with Gasteiger partial charge in [-0.1, -0.05) is 65.8 Å². The van der Waals surface area contributed by atoms with Crippen LogP contribution in [0.2, 0.25) is 5.02 Å². The molecule has 6 heteroatoms. The SMILES string of the molecule is O=c1c2ccccc2nc(SCc2csc3ccc(Cl)cc23)n1Cc1ccccc1. The molecule has 0 bridgehead atoms. The Balaban J connectivity index is 1.55. The molecule has 5 aromatic rings. The molecular formula is C24H17ClN2OS2. The van der Waals surface area contributed by atoms with Crippen molar-refractivity contribution in [3.8, 4) is 0 Å². The number of rotatable bonds is 5. The highest BCUT2D eigenvalue weighted by molar-refractivity contribution is 7.98. The Labute approximate surface area is 187 Å². The molecule has 3 nitrogen and oxygen atoms in total. The Morgan fingerprint density at radius 3 is 2.63 bits per heavy atom. The smallest absolute Gasteiger partial charge is 0.262 e. The van der Waals surface area contributed by atoms with Gasteiger partial charge in [-0.3, -0.25) is 9.36 Å². The first-order chi connectivity index (χ1) is 14.7. The molecular weight excluding hydrogens is 432 g/mol. The summed E-state index contributed by atoms with van der Waals surface area (Å²) in [4.78, 5) is 18.1. The van der Waals surface area contributed by atoms with Crippen LogP contribution in [0.25, 0.3) is 21.0 Å². The van der Waals surface area contributed by atoms with Gasteiger partial charge in [-0.25, -0.2) is 4.98 Å². The molecule has 148 valence electrons. The number of benzene rings is 3. The average Bonchev–Trinajstić information content (AvgIpc) is 3.17. The van der Waals surface area contributed by atoms with Gasteiger partial charge in [0, 0.05) is 15.5 Å². The number of fused-ring (bicyclic) bond motifs is 2. The van der Waals surface area contributed by atoms with Gasteiger partial charge >= 0.3 is 0 Å². The predicted octanol–water partition coefficient (Wildman–Crippen LogP) is 6.61. The molecule has 0 amide bonds. The number of thioether (sulfide) groups is 1. The summed E-state index contributed by atoms with van der Waals surface area (Å²) < 4.78 is 2.99. The van der Waals surface area contributed by atoms with E-state index in [0.29, 0.717) is 11.9 Å². The molecule has 2 aromatic heterocycles. The lowest BCUT2D eigenvalue weighted by atomic mass is 10.2. The number of hydrogen-bond acceptors (Lipinski definition) is 4. The predicted molar refractivity (Wildman–Crippen MR) is 128 cm³/mol. The Bertz CT molecular complexity index is 1410. The van der Waals surface area contributed by atoms with E-state index >= 15 is 0 Å². The van der Waals surface area contributed by atoms with E-state index in [1.807, 2.05) is 66.7 Å². The molecule has 0 aliphatic heterocycles. The molecule has 0 aliphatic carbocycles. The van der Waals surface area contributed by atoms with E-state index in [1.165, 1.54) is 10.3 Å². The number of para-hydroxylation sites is 1. The molecule has 0 atom stereocenters. The lowest BCUT2D eigenvalue weighted by Gasteiger charge is -2.13. The van der Waals surface area contributed by atoms with Gasteiger partial charge in [0.15, 0.2) is 5.16 Å². The molecule has 5 rings (SSSR count). The number of aromatic nitrogens is 2. The number of nitrogens with zero attached hydrogens (tertiary/aromatic N) is 2. The minimum absolute atomic E-state index is 0.00910. The Hall–Kier alpha value is -2.60. The first-order valence-corrected chi connectivity index (χ1v) is 11.8. The zero-order chi connectivity index (χ0) is 20.5. The third kappa shape index (κ3) is 3.76. The fourth-order valence-electron chi connectivity index (χ4n) is 3.47. The second kappa shape index (κ2) is 8.26. The maximum atomic E-state index is 13.3. The molecule has 3 aromatic carbocycles. The van der Waals surface area contributed by atoms with Crippen LogP contribution in [0.3, 0.4) is 0 Å². The second-order valence-corrected chi connectivity index (χ2v) is 9.27. The molecule has 2 heterocycles. The molecule has 30 heavy (non-hydrogen) atoms. The summed E-state index contributed by atoms with van der Waals surface area (Å²) in [5.41, 5.74) is 3.00. The molecule has 0 saturated carbocycles. The standard InChI is InChI=1S/C24H17ClN2OS2/c25-18-10-11-22-20(12-18)17(14-29-22)15-30-24-26-21-9-5-4-8-19(21)23(28)27(24)13-16-6-2-1-3-7-16/h1-12,14H,13,15H2. The fourth-order valence-corrected chi connectivity index (χ4v) is 5.68. The quantitative estimate of drug-likeness (QED) is 0.224. The Morgan fingerprint density at radius 2 is 1.77 bits per heavy atom. The summed E-state index contributed by atoms with van der Waals surface area (Å²) in [6.45, 7) is 0.496. The number of thiophene rings is 1. The van der Waals surface area contributed by atoms with Crippen molar-refractivity contribution < 1.29 is 0 Å². The molecule has 0 aliphatic rings. The van der Waals surface area contributed by atoms with E-state index in [1.54, 1.807) is 27.7 Å². The van der Waals surface area contributed by atoms with Crippen LogP contribution >= 0.6 is 34.7 Å². The molecule has 0 saturated heterocycles. The van der Waals surface area contributed by atoms with Crippen LogP contribution in [0.1, 0.15) is 11.1 Å². The highest BCUT2D eigenvalue weighted by atomic mass is 35.5. The Morgan fingerprint density at radius 1 is 0.967 bits per heavy atom. The van der Waals surface area contributed by atoms with Crippen LogP contribution in [0.4, 0.5) is 0 Å². The minimum Gasteiger partial charge on any atom is -0.283 e. The first-order valence-electron chi connectivity index (χ1n) is 9.51. The van der Waals surface area contributed by atoms with Crippen molar-refractivity contribution in [1.82, 2.24) is 9.55 Å². The zero-order valence-electron chi connectivity index (χ0n) is 15.9. The molecule has 0 spiro atoms. The highest BCUT2D eigenvalue weighted by Crippen LogP contribution is 2.33. The summed E-state index contributed by atoms with van der Waals surface area (Å²) in [5.74, 6) is 0.722. The molecule has 0 N–H and O–H groups in total. The average molecular weight is 449 g/mol. The molecule has 0 radical (unpaired) electrons. The fraction of sp³-hybridized carbons (Fsp3) is 0.0833. The summed E-state index contributed by atoms with van der Waals surface area (Å²) >= 11 is 9.50. The summed E-state index contributed by atoms with van der Waals surface area (Å²) in [6, 6.07) is 23.5. The van der Waals surface area contributed by atoms with E-state index in [0.717, 1.165) is 32.4 Å². The summed E-state index contributed by atoms with van der Waals surface area (Å²) in [5, 5.41) is 5.43. The molecule has 0 fully saturated rings. The maximum Gasteiger partial charge on any atom is 0.262 e. The van der Waals surface area contributed by atoms with Crippen molar-refractivity contribution in [3.63, 3.8) is 0 Å². The third-order valence-corrected chi connectivity index (χ3v) is 7.26. The van der Waals surface area contributed by atoms with Gasteiger partial charge in [0.2, 0.25) is 0 Å². The van der Waals surface area contributed by atoms with E-state index < -0.39 is 0 Å². The van der Waals surface area contributed by atoms with Crippen LogP contribution in [0.15, 0.2) is 88.1 Å². The third-order valence-electron chi connectivity index (χ3n) is 4.98. The van der Waals surface area contributed by atoms with Gasteiger partial charge < -0.3 is 0 Å². The van der Waals surface area contributed by atoms with Crippen LogP contribution in [0, 0.1) is 0 Å². The minimum atomic E-state index is -0.00910. The van der Waals surface area contributed by atoms with E-state index in [9.17, 15) is 4.79 Å². The van der Waals surface area contributed by atoms with Crippen LogP contribution in [-0.4, -0.2) is 9.55 Å². The highest BCUT2D eigenvalue weighted by Gasteiger charge is 2.13.